The van der Waals surface area contributed by atoms with E-state index in [0.717, 1.165) is 17.8 Å². The second kappa shape index (κ2) is 7.60. The lowest BCUT2D eigenvalue weighted by Gasteiger charge is -2.13. The maximum Gasteiger partial charge on any atom is 0.237 e. The Balaban J connectivity index is 2.16. The van der Waals surface area contributed by atoms with Gasteiger partial charge in [-0.05, 0) is 39.0 Å². The number of nitrogens with one attached hydrogen (secondary N) is 1. The van der Waals surface area contributed by atoms with Crippen molar-refractivity contribution in [1.29, 1.82) is 5.26 Å². The van der Waals surface area contributed by atoms with Crippen LogP contribution >= 0.6 is 23.4 Å². The lowest BCUT2D eigenvalue weighted by Crippen LogP contribution is -2.23. The average Bonchev–Trinajstić information content (AvgIpc) is 2.49. The molecule has 0 radical (unpaired) electrons. The van der Waals surface area contributed by atoms with Crippen molar-refractivity contribution < 1.29 is 9.18 Å². The molecule has 8 heteroatoms. The fourth-order valence-electron chi connectivity index (χ4n) is 1.94. The summed E-state index contributed by atoms with van der Waals surface area (Å²) in [6.45, 7) is 5.08. The van der Waals surface area contributed by atoms with Gasteiger partial charge in [0.2, 0.25) is 5.91 Å². The molecule has 1 amide bonds. The molecule has 24 heavy (non-hydrogen) atoms. The lowest BCUT2D eigenvalue weighted by molar-refractivity contribution is -0.115. The van der Waals surface area contributed by atoms with E-state index in [1.165, 1.54) is 12.1 Å². The minimum absolute atomic E-state index is 0.0485. The molecule has 2 aromatic rings. The predicted molar refractivity (Wildman–Crippen MR) is 91.6 cm³/mol. The number of halogens is 2. The molecule has 0 saturated carbocycles. The van der Waals surface area contributed by atoms with Crippen LogP contribution < -0.4 is 5.32 Å². The Morgan fingerprint density at radius 3 is 2.75 bits per heavy atom. The summed E-state index contributed by atoms with van der Waals surface area (Å²) in [6.07, 6.45) is 0. The number of aryl methyl sites for hydroxylation is 2. The molecule has 0 aliphatic carbocycles. The van der Waals surface area contributed by atoms with Gasteiger partial charge >= 0.3 is 0 Å². The Bertz CT molecular complexity index is 838. The van der Waals surface area contributed by atoms with E-state index < -0.39 is 17.0 Å². The Morgan fingerprint density at radius 2 is 2.12 bits per heavy atom. The van der Waals surface area contributed by atoms with Gasteiger partial charge in [-0.1, -0.05) is 23.4 Å². The minimum Gasteiger partial charge on any atom is -0.323 e. The maximum atomic E-state index is 13.8. The zero-order chi connectivity index (χ0) is 17.9. The van der Waals surface area contributed by atoms with Crippen LogP contribution in [0.25, 0.3) is 0 Å². The van der Waals surface area contributed by atoms with Gasteiger partial charge in [0.15, 0.2) is 0 Å². The first kappa shape index (κ1) is 18.2. The van der Waals surface area contributed by atoms with Crippen LogP contribution in [0.2, 0.25) is 5.02 Å². The molecule has 0 fully saturated rings. The highest BCUT2D eigenvalue weighted by Gasteiger charge is 2.20. The highest BCUT2D eigenvalue weighted by molar-refractivity contribution is 8.00. The number of benzene rings is 1. The number of aromatic nitrogens is 2. The molecule has 0 spiro atoms. The topological polar surface area (TPSA) is 78.7 Å². The third-order valence-electron chi connectivity index (χ3n) is 3.13. The third-order valence-corrected chi connectivity index (χ3v) is 4.45. The number of thioether (sulfide) groups is 1. The van der Waals surface area contributed by atoms with Crippen LogP contribution in [0.1, 0.15) is 24.0 Å². The SMILES string of the molecule is Cc1nc(C)c(C#N)c(SC(C)C(=O)Nc2ccc(Cl)cc2F)n1. The van der Waals surface area contributed by atoms with Gasteiger partial charge in [0.25, 0.3) is 0 Å². The van der Waals surface area contributed by atoms with Crippen molar-refractivity contribution in [2.75, 3.05) is 5.32 Å². The summed E-state index contributed by atoms with van der Waals surface area (Å²) in [5.41, 5.74) is 0.944. The molecule has 1 unspecified atom stereocenters. The van der Waals surface area contributed by atoms with Crippen molar-refractivity contribution in [1.82, 2.24) is 9.97 Å². The van der Waals surface area contributed by atoms with Gasteiger partial charge in [-0.3, -0.25) is 4.79 Å². The predicted octanol–water partition coefficient (Wildman–Crippen LogP) is 3.88. The van der Waals surface area contributed by atoms with E-state index in [-0.39, 0.29) is 10.7 Å². The number of nitrogens with zero attached hydrogens (tertiary/aromatic N) is 3. The number of hydrogen-bond donors (Lipinski definition) is 1. The van der Waals surface area contributed by atoms with Gasteiger partial charge in [0.1, 0.15) is 28.3 Å². The molecule has 1 heterocycles. The first-order valence-electron chi connectivity index (χ1n) is 6.99. The van der Waals surface area contributed by atoms with Crippen LogP contribution in [-0.2, 0) is 4.79 Å². The van der Waals surface area contributed by atoms with Crippen molar-refractivity contribution in [3.8, 4) is 6.07 Å². The summed E-state index contributed by atoms with van der Waals surface area (Å²) in [4.78, 5) is 20.6. The number of nitriles is 1. The largest absolute Gasteiger partial charge is 0.323 e. The van der Waals surface area contributed by atoms with Crippen molar-refractivity contribution >= 4 is 35.0 Å². The van der Waals surface area contributed by atoms with Gasteiger partial charge in [0, 0.05) is 5.02 Å². The van der Waals surface area contributed by atoms with E-state index in [4.69, 9.17) is 11.6 Å². The standard InChI is InChI=1S/C16H14ClFN4OS/c1-8-12(7-19)16(21-10(3)20-8)24-9(2)15(23)22-14-5-4-11(17)6-13(14)18/h4-6,9H,1-3H3,(H,22,23). The highest BCUT2D eigenvalue weighted by Crippen LogP contribution is 2.27. The van der Waals surface area contributed by atoms with Gasteiger partial charge in [-0.15, -0.1) is 0 Å². The first-order valence-corrected chi connectivity index (χ1v) is 8.25. The summed E-state index contributed by atoms with van der Waals surface area (Å²) in [5.74, 6) is -0.496. The Labute approximate surface area is 148 Å². The van der Waals surface area contributed by atoms with E-state index in [1.807, 2.05) is 6.07 Å². The molecular formula is C16H14ClFN4OS. The molecule has 1 atom stereocenters. The fraction of sp³-hybridized carbons (Fsp3) is 0.250. The number of carbonyl (C=O) groups is 1. The lowest BCUT2D eigenvalue weighted by atomic mass is 10.3. The van der Waals surface area contributed by atoms with Crippen LogP contribution in [-0.4, -0.2) is 21.1 Å². The summed E-state index contributed by atoms with van der Waals surface area (Å²) in [6, 6.07) is 6.06. The van der Waals surface area contributed by atoms with Crippen LogP contribution in [0.3, 0.4) is 0 Å². The quantitative estimate of drug-likeness (QED) is 0.658. The Morgan fingerprint density at radius 1 is 1.42 bits per heavy atom. The van der Waals surface area contributed by atoms with Crippen molar-refractivity contribution in [2.24, 2.45) is 0 Å². The van der Waals surface area contributed by atoms with E-state index in [1.54, 1.807) is 20.8 Å². The van der Waals surface area contributed by atoms with Gasteiger partial charge in [-0.25, -0.2) is 14.4 Å². The summed E-state index contributed by atoms with van der Waals surface area (Å²) < 4.78 is 13.8. The second-order valence-electron chi connectivity index (χ2n) is 5.02. The highest BCUT2D eigenvalue weighted by atomic mass is 35.5. The van der Waals surface area contributed by atoms with E-state index in [2.05, 4.69) is 15.3 Å². The zero-order valence-electron chi connectivity index (χ0n) is 13.2. The smallest absolute Gasteiger partial charge is 0.237 e. The molecule has 1 aromatic heterocycles. The van der Waals surface area contributed by atoms with Crippen molar-refractivity contribution in [3.63, 3.8) is 0 Å². The summed E-state index contributed by atoms with van der Waals surface area (Å²) >= 11 is 6.81. The monoisotopic (exact) mass is 364 g/mol. The number of amides is 1. The Kier molecular flexibility index (Phi) is 5.75. The molecule has 124 valence electrons. The van der Waals surface area contributed by atoms with Gasteiger partial charge in [-0.2, -0.15) is 5.26 Å². The number of rotatable bonds is 4. The Hall–Kier alpha value is -2.17. The third kappa shape index (κ3) is 4.22. The normalized spacial score (nSPS) is 11.7. The number of anilines is 1. The number of hydrogen-bond acceptors (Lipinski definition) is 5. The molecule has 0 bridgehead atoms. The summed E-state index contributed by atoms with van der Waals surface area (Å²) in [5, 5.41) is 11.8. The van der Waals surface area contributed by atoms with Crippen LogP contribution in [0, 0.1) is 31.0 Å². The van der Waals surface area contributed by atoms with Crippen molar-refractivity contribution in [2.45, 2.75) is 31.0 Å². The first-order chi connectivity index (χ1) is 11.3. The second-order valence-corrected chi connectivity index (χ2v) is 6.79. The summed E-state index contributed by atoms with van der Waals surface area (Å²) in [7, 11) is 0. The van der Waals surface area contributed by atoms with Crippen LogP contribution in [0.5, 0.6) is 0 Å². The molecule has 2 rings (SSSR count). The zero-order valence-corrected chi connectivity index (χ0v) is 14.8. The maximum absolute atomic E-state index is 13.8. The molecule has 0 aliphatic rings. The van der Waals surface area contributed by atoms with E-state index in [9.17, 15) is 14.4 Å². The van der Waals surface area contributed by atoms with E-state index in [0.29, 0.717) is 22.1 Å². The molecule has 5 nitrogen and oxygen atoms in total. The van der Waals surface area contributed by atoms with Gasteiger partial charge in [0.05, 0.1) is 16.6 Å². The fourth-order valence-corrected chi connectivity index (χ4v) is 3.10. The molecule has 0 saturated heterocycles. The average molecular weight is 365 g/mol. The molecule has 0 aliphatic heterocycles. The van der Waals surface area contributed by atoms with E-state index >= 15 is 0 Å². The van der Waals surface area contributed by atoms with Crippen LogP contribution in [0.4, 0.5) is 10.1 Å². The van der Waals surface area contributed by atoms with Gasteiger partial charge < -0.3 is 5.32 Å². The molecular weight excluding hydrogens is 351 g/mol. The number of carbonyl (C=O) groups excluding carboxylic acids is 1. The molecule has 1 N–H and O–H groups in total. The minimum atomic E-state index is -0.612. The van der Waals surface area contributed by atoms with Crippen LogP contribution in [0.15, 0.2) is 23.2 Å². The molecule has 1 aromatic carbocycles. The van der Waals surface area contributed by atoms with Crippen molar-refractivity contribution in [3.05, 3.63) is 46.1 Å².